The van der Waals surface area contributed by atoms with Gasteiger partial charge in [-0.1, -0.05) is 19.8 Å². The van der Waals surface area contributed by atoms with Crippen LogP contribution in [-0.4, -0.2) is 66.6 Å². The number of nitrogens with one attached hydrogen (secondary N) is 2. The van der Waals surface area contributed by atoms with Crippen molar-refractivity contribution in [2.24, 2.45) is 0 Å². The van der Waals surface area contributed by atoms with Crippen molar-refractivity contribution in [2.75, 3.05) is 26.2 Å². The van der Waals surface area contributed by atoms with Gasteiger partial charge in [-0.2, -0.15) is 0 Å². The lowest BCUT2D eigenvalue weighted by atomic mass is 10.1. The van der Waals surface area contributed by atoms with E-state index in [-0.39, 0.29) is 42.5 Å². The predicted molar refractivity (Wildman–Crippen MR) is 114 cm³/mol. The van der Waals surface area contributed by atoms with Crippen molar-refractivity contribution in [2.45, 2.75) is 57.5 Å². The van der Waals surface area contributed by atoms with Crippen molar-refractivity contribution >= 4 is 18.3 Å². The number of carboxylic acid groups (broad SMARTS) is 1. The van der Waals surface area contributed by atoms with Gasteiger partial charge in [-0.25, -0.2) is 4.39 Å². The standard InChI is InChI=1S/C21H30FN3O3.CH2O2/c1-2-3-4-10-25-16-6-7-17(25)14-24-21(27)18-12-15(22)5-8-19(18)28-11-9-23-20(26)13-16;2-1-3/h5,8,12,16-17H,2-4,6-7,9-11,13-14H2,1H3,(H,23,26)(H,24,27);1H,(H,2,3)/t16-,17+;/m0./s1. The maximum atomic E-state index is 13.7. The molecule has 2 bridgehead atoms. The third-order valence-electron chi connectivity index (χ3n) is 5.58. The smallest absolute Gasteiger partial charge is 0.290 e. The van der Waals surface area contributed by atoms with Gasteiger partial charge >= 0.3 is 0 Å². The quantitative estimate of drug-likeness (QED) is 0.492. The molecular weight excluding hydrogens is 405 g/mol. The van der Waals surface area contributed by atoms with Crippen LogP contribution >= 0.6 is 0 Å². The lowest BCUT2D eigenvalue weighted by molar-refractivity contribution is -0.123. The second-order valence-electron chi connectivity index (χ2n) is 7.69. The molecule has 1 fully saturated rings. The van der Waals surface area contributed by atoms with Gasteiger partial charge in [0.05, 0.1) is 12.1 Å². The molecule has 1 aromatic carbocycles. The highest BCUT2D eigenvalue weighted by atomic mass is 19.1. The van der Waals surface area contributed by atoms with Crippen molar-refractivity contribution in [1.29, 1.82) is 0 Å². The number of carbonyl (C=O) groups excluding carboxylic acids is 2. The number of unbranched alkanes of at least 4 members (excludes halogenated alkanes) is 2. The molecule has 0 radical (unpaired) electrons. The maximum absolute atomic E-state index is 13.7. The molecule has 0 unspecified atom stereocenters. The Labute approximate surface area is 182 Å². The van der Waals surface area contributed by atoms with Crippen molar-refractivity contribution < 1.29 is 28.6 Å². The summed E-state index contributed by atoms with van der Waals surface area (Å²) in [6.45, 7) is 3.91. The van der Waals surface area contributed by atoms with Gasteiger partial charge in [0, 0.05) is 25.0 Å². The van der Waals surface area contributed by atoms with E-state index in [2.05, 4.69) is 22.5 Å². The fraction of sp³-hybridized carbons (Fsp3) is 0.591. The van der Waals surface area contributed by atoms with Crippen molar-refractivity contribution in [3.63, 3.8) is 0 Å². The number of halogens is 1. The van der Waals surface area contributed by atoms with E-state index < -0.39 is 5.82 Å². The molecule has 2 aliphatic rings. The molecule has 2 aliphatic heterocycles. The number of rotatable bonds is 4. The minimum Gasteiger partial charge on any atom is -0.491 e. The number of hydrogen-bond acceptors (Lipinski definition) is 5. The van der Waals surface area contributed by atoms with E-state index in [1.165, 1.54) is 18.2 Å². The molecule has 1 saturated heterocycles. The van der Waals surface area contributed by atoms with E-state index in [9.17, 15) is 14.0 Å². The summed E-state index contributed by atoms with van der Waals surface area (Å²) in [4.78, 5) is 35.8. The average molecular weight is 438 g/mol. The van der Waals surface area contributed by atoms with E-state index in [4.69, 9.17) is 14.6 Å². The third-order valence-corrected chi connectivity index (χ3v) is 5.58. The monoisotopic (exact) mass is 437 g/mol. The highest BCUT2D eigenvalue weighted by Gasteiger charge is 2.34. The van der Waals surface area contributed by atoms with Crippen molar-refractivity contribution in [3.8, 4) is 5.75 Å². The molecule has 9 heteroatoms. The first-order valence-corrected chi connectivity index (χ1v) is 10.8. The van der Waals surface area contributed by atoms with Crippen LogP contribution in [0.3, 0.4) is 0 Å². The zero-order valence-electron chi connectivity index (χ0n) is 17.9. The van der Waals surface area contributed by atoms with Crippen LogP contribution in [0, 0.1) is 5.82 Å². The molecule has 0 aliphatic carbocycles. The molecule has 0 spiro atoms. The molecule has 1 aromatic rings. The fourth-order valence-electron chi connectivity index (χ4n) is 4.11. The maximum Gasteiger partial charge on any atom is 0.290 e. The van der Waals surface area contributed by atoms with Gasteiger partial charge in [-0.15, -0.1) is 0 Å². The molecule has 0 aromatic heterocycles. The highest BCUT2D eigenvalue weighted by Crippen LogP contribution is 2.27. The zero-order valence-corrected chi connectivity index (χ0v) is 17.9. The largest absolute Gasteiger partial charge is 0.491 e. The van der Waals surface area contributed by atoms with Crippen LogP contribution in [0.2, 0.25) is 0 Å². The van der Waals surface area contributed by atoms with Crippen LogP contribution in [-0.2, 0) is 9.59 Å². The van der Waals surface area contributed by atoms with E-state index in [1.54, 1.807) is 0 Å². The Bertz CT molecular complexity index is 746. The summed E-state index contributed by atoms with van der Waals surface area (Å²) in [5.41, 5.74) is 0.190. The molecule has 172 valence electrons. The predicted octanol–water partition coefficient (Wildman–Crippen LogP) is 2.18. The van der Waals surface area contributed by atoms with Crippen LogP contribution in [0.15, 0.2) is 18.2 Å². The minimum absolute atomic E-state index is 0.0233. The number of hydrogen-bond donors (Lipinski definition) is 3. The molecule has 8 nitrogen and oxygen atoms in total. The first-order valence-electron chi connectivity index (χ1n) is 10.8. The van der Waals surface area contributed by atoms with Crippen LogP contribution in [0.4, 0.5) is 4.39 Å². The number of nitrogens with zero attached hydrogens (tertiary/aromatic N) is 1. The second-order valence-corrected chi connectivity index (χ2v) is 7.69. The highest BCUT2D eigenvalue weighted by molar-refractivity contribution is 5.97. The lowest BCUT2D eigenvalue weighted by Crippen LogP contribution is -2.45. The van der Waals surface area contributed by atoms with Gasteiger partial charge in [0.2, 0.25) is 5.91 Å². The van der Waals surface area contributed by atoms with E-state index in [1.807, 2.05) is 0 Å². The summed E-state index contributed by atoms with van der Waals surface area (Å²) >= 11 is 0. The molecule has 3 rings (SSSR count). The second kappa shape index (κ2) is 12.9. The molecule has 31 heavy (non-hydrogen) atoms. The summed E-state index contributed by atoms with van der Waals surface area (Å²) in [5, 5.41) is 12.7. The summed E-state index contributed by atoms with van der Waals surface area (Å²) in [5.74, 6) is -0.453. The minimum atomic E-state index is -0.478. The number of ether oxygens (including phenoxy) is 1. The lowest BCUT2D eigenvalue weighted by Gasteiger charge is -2.30. The van der Waals surface area contributed by atoms with Gasteiger partial charge in [-0.05, 0) is 44.0 Å². The summed E-state index contributed by atoms with van der Waals surface area (Å²) in [6.07, 6.45) is 5.74. The molecule has 2 heterocycles. The first-order chi connectivity index (χ1) is 15.0. The number of amides is 2. The molecule has 2 atom stereocenters. The van der Waals surface area contributed by atoms with Crippen molar-refractivity contribution in [1.82, 2.24) is 15.5 Å². The van der Waals surface area contributed by atoms with Gasteiger partial charge < -0.3 is 20.5 Å². The molecule has 0 saturated carbocycles. The van der Waals surface area contributed by atoms with Gasteiger partial charge in [0.25, 0.3) is 12.4 Å². The summed E-state index contributed by atoms with van der Waals surface area (Å²) in [6, 6.07) is 4.32. The van der Waals surface area contributed by atoms with Crippen LogP contribution in [0.5, 0.6) is 5.75 Å². The molecular formula is C22H32FN3O5. The number of carbonyl (C=O) groups is 3. The van der Waals surface area contributed by atoms with E-state index in [0.29, 0.717) is 25.3 Å². The van der Waals surface area contributed by atoms with E-state index >= 15 is 0 Å². The summed E-state index contributed by atoms with van der Waals surface area (Å²) in [7, 11) is 0. The van der Waals surface area contributed by atoms with Crippen molar-refractivity contribution in [3.05, 3.63) is 29.6 Å². The number of benzene rings is 1. The molecule has 3 N–H and O–H groups in total. The Kier molecular flexibility index (Phi) is 10.2. The Morgan fingerprint density at radius 3 is 2.71 bits per heavy atom. The normalized spacial score (nSPS) is 22.0. The average Bonchev–Trinajstić information content (AvgIpc) is 3.11. The van der Waals surface area contributed by atoms with Crippen LogP contribution < -0.4 is 15.4 Å². The third kappa shape index (κ3) is 7.50. The van der Waals surface area contributed by atoms with E-state index in [0.717, 1.165) is 38.6 Å². The Morgan fingerprint density at radius 1 is 1.23 bits per heavy atom. The first kappa shape index (κ1) is 24.6. The molecule has 2 amide bonds. The topological polar surface area (TPSA) is 108 Å². The fourth-order valence-corrected chi connectivity index (χ4v) is 4.11. The number of fused-ring (bicyclic) bond motifs is 3. The van der Waals surface area contributed by atoms with Crippen LogP contribution in [0.1, 0.15) is 55.8 Å². The Hall–Kier alpha value is -2.68. The Balaban J connectivity index is 0.00000107. The van der Waals surface area contributed by atoms with Gasteiger partial charge in [0.15, 0.2) is 0 Å². The van der Waals surface area contributed by atoms with Gasteiger partial charge in [0.1, 0.15) is 18.2 Å². The van der Waals surface area contributed by atoms with Crippen LogP contribution in [0.25, 0.3) is 0 Å². The van der Waals surface area contributed by atoms with Gasteiger partial charge in [-0.3, -0.25) is 19.3 Å². The zero-order chi connectivity index (χ0) is 22.6. The SMILES string of the molecule is CCCCCN1[C@@H]2CC[C@H]1CC(=O)NCCOc1ccc(F)cc1C(=O)NC2.O=CO. The summed E-state index contributed by atoms with van der Waals surface area (Å²) < 4.78 is 19.3. The Morgan fingerprint density at radius 2 is 1.97 bits per heavy atom.